The summed E-state index contributed by atoms with van der Waals surface area (Å²) in [6.07, 6.45) is -4.78. The molecule has 0 fully saturated rings. The minimum Gasteiger partial charge on any atom is -0.399 e. The molecule has 0 atom stereocenters. The zero-order chi connectivity index (χ0) is 18.8. The predicted molar refractivity (Wildman–Crippen MR) is 85.6 cm³/mol. The Morgan fingerprint density at radius 3 is 2.28 bits per heavy atom. The lowest BCUT2D eigenvalue weighted by Crippen LogP contribution is -2.38. The molecule has 2 aromatic rings. The molecule has 2 N–H and O–H groups in total. The van der Waals surface area contributed by atoms with Gasteiger partial charge in [-0.2, -0.15) is 17.5 Å². The van der Waals surface area contributed by atoms with Gasteiger partial charge < -0.3 is 5.73 Å². The third kappa shape index (κ3) is 4.70. The first-order chi connectivity index (χ1) is 11.5. The average molecular weight is 376 g/mol. The fourth-order valence-electron chi connectivity index (χ4n) is 2.30. The van der Waals surface area contributed by atoms with Gasteiger partial charge in [0.25, 0.3) is 0 Å². The van der Waals surface area contributed by atoms with Crippen LogP contribution in [0.4, 0.5) is 23.2 Å². The molecular weight excluding hydrogens is 360 g/mol. The lowest BCUT2D eigenvalue weighted by atomic mass is 10.2. The van der Waals surface area contributed by atoms with Gasteiger partial charge in [-0.25, -0.2) is 12.8 Å². The summed E-state index contributed by atoms with van der Waals surface area (Å²) in [5.74, 6) is -1.12. The molecule has 0 spiro atoms. The maximum Gasteiger partial charge on any atom is 0.402 e. The van der Waals surface area contributed by atoms with Crippen LogP contribution < -0.4 is 5.73 Å². The molecule has 0 aliphatic rings. The Kier molecular flexibility index (Phi) is 5.38. The molecule has 2 aromatic carbocycles. The van der Waals surface area contributed by atoms with E-state index in [1.807, 2.05) is 0 Å². The molecule has 25 heavy (non-hydrogen) atoms. The Morgan fingerprint density at radius 1 is 1.12 bits per heavy atom. The number of benzene rings is 2. The number of nitrogen functional groups attached to an aromatic ring is 1. The number of nitrogens with zero attached hydrogens (tertiary/aromatic N) is 1. The van der Waals surface area contributed by atoms with E-state index in [1.54, 1.807) is 18.2 Å². The highest BCUT2D eigenvalue weighted by Gasteiger charge is 2.38. The van der Waals surface area contributed by atoms with Crippen molar-refractivity contribution in [3.63, 3.8) is 0 Å². The van der Waals surface area contributed by atoms with Crippen LogP contribution in [0.15, 0.2) is 47.4 Å². The van der Waals surface area contributed by atoms with E-state index in [4.69, 9.17) is 5.73 Å². The molecule has 0 amide bonds. The van der Waals surface area contributed by atoms with Crippen molar-refractivity contribution in [1.82, 2.24) is 4.31 Å². The Labute approximate surface area is 142 Å². The molecule has 0 bridgehead atoms. The highest BCUT2D eigenvalue weighted by Crippen LogP contribution is 2.28. The third-order valence-corrected chi connectivity index (χ3v) is 5.21. The van der Waals surface area contributed by atoms with Gasteiger partial charge in [0.05, 0.1) is 0 Å². The number of nitrogens with two attached hydrogens (primary N) is 1. The van der Waals surface area contributed by atoms with Crippen LogP contribution >= 0.6 is 0 Å². The number of anilines is 1. The Balaban J connectivity index is 2.52. The van der Waals surface area contributed by atoms with Crippen molar-refractivity contribution in [2.45, 2.75) is 24.5 Å². The monoisotopic (exact) mass is 376 g/mol. The van der Waals surface area contributed by atoms with Crippen molar-refractivity contribution < 1.29 is 26.0 Å². The van der Waals surface area contributed by atoms with Gasteiger partial charge in [0.2, 0.25) is 10.0 Å². The topological polar surface area (TPSA) is 63.4 Å². The molecule has 0 aliphatic carbocycles. The number of rotatable bonds is 5. The van der Waals surface area contributed by atoms with Gasteiger partial charge in [-0.15, -0.1) is 0 Å². The van der Waals surface area contributed by atoms with Crippen molar-refractivity contribution in [2.75, 3.05) is 12.3 Å². The van der Waals surface area contributed by atoms with Gasteiger partial charge in [-0.3, -0.25) is 0 Å². The first-order valence-corrected chi connectivity index (χ1v) is 8.61. The Morgan fingerprint density at radius 2 is 1.72 bits per heavy atom. The second-order valence-corrected chi connectivity index (χ2v) is 7.43. The fraction of sp³-hybridized carbons (Fsp3) is 0.250. The molecule has 0 saturated carbocycles. The minimum atomic E-state index is -4.78. The lowest BCUT2D eigenvalue weighted by Gasteiger charge is -2.24. The number of hydrogen-bond donors (Lipinski definition) is 1. The van der Waals surface area contributed by atoms with E-state index < -0.39 is 40.0 Å². The molecule has 4 nitrogen and oxygen atoms in total. The summed E-state index contributed by atoms with van der Waals surface area (Å²) in [6, 6.07) is 9.79. The van der Waals surface area contributed by atoms with Crippen LogP contribution in [0.5, 0.6) is 0 Å². The largest absolute Gasteiger partial charge is 0.402 e. The fourth-order valence-corrected chi connectivity index (χ4v) is 3.89. The summed E-state index contributed by atoms with van der Waals surface area (Å²) in [7, 11) is -4.75. The molecule has 2 rings (SSSR count). The molecule has 0 heterocycles. The first kappa shape index (κ1) is 19.2. The van der Waals surface area contributed by atoms with Gasteiger partial charge in [-0.1, -0.05) is 30.3 Å². The van der Waals surface area contributed by atoms with Crippen molar-refractivity contribution in [3.8, 4) is 0 Å². The second-order valence-electron chi connectivity index (χ2n) is 5.52. The number of hydrogen-bond acceptors (Lipinski definition) is 3. The zero-order valence-corrected chi connectivity index (χ0v) is 14.0. The van der Waals surface area contributed by atoms with Crippen LogP contribution in [-0.2, 0) is 16.6 Å². The van der Waals surface area contributed by atoms with Gasteiger partial charge in [0.1, 0.15) is 17.3 Å². The molecule has 0 saturated heterocycles. The SMILES string of the molecule is Cc1cc(N)cc(S(=O)(=O)N(Cc2ccccc2)CC(F)(F)F)c1F. The van der Waals surface area contributed by atoms with Crippen molar-refractivity contribution in [1.29, 1.82) is 0 Å². The number of alkyl halides is 3. The Hall–Kier alpha value is -2.13. The first-order valence-electron chi connectivity index (χ1n) is 7.17. The standard InChI is InChI=1S/C16H16F4N2O2S/c1-11-7-13(21)8-14(15(11)17)25(23,24)22(10-16(18,19)20)9-12-5-3-2-4-6-12/h2-8H,9-10,21H2,1H3. The van der Waals surface area contributed by atoms with Crippen LogP contribution in [-0.4, -0.2) is 25.4 Å². The van der Waals surface area contributed by atoms with E-state index in [0.29, 0.717) is 5.56 Å². The van der Waals surface area contributed by atoms with Crippen molar-refractivity contribution in [2.24, 2.45) is 0 Å². The number of halogens is 4. The molecular formula is C16H16F4N2O2S. The zero-order valence-electron chi connectivity index (χ0n) is 13.2. The summed E-state index contributed by atoms with van der Waals surface area (Å²) < 4.78 is 78.5. The third-order valence-electron chi connectivity index (χ3n) is 3.42. The molecule has 9 heteroatoms. The predicted octanol–water partition coefficient (Wildman–Crippen LogP) is 3.47. The molecule has 0 unspecified atom stereocenters. The van der Waals surface area contributed by atoms with Crippen LogP contribution in [0.2, 0.25) is 0 Å². The normalized spacial score (nSPS) is 12.6. The maximum atomic E-state index is 14.3. The summed E-state index contributed by atoms with van der Waals surface area (Å²) >= 11 is 0. The van der Waals surface area contributed by atoms with Crippen LogP contribution in [0.3, 0.4) is 0 Å². The lowest BCUT2D eigenvalue weighted by molar-refractivity contribution is -0.136. The highest BCUT2D eigenvalue weighted by atomic mass is 32.2. The molecule has 0 aromatic heterocycles. The van der Waals surface area contributed by atoms with Crippen LogP contribution in [0.25, 0.3) is 0 Å². The van der Waals surface area contributed by atoms with E-state index in [-0.39, 0.29) is 15.6 Å². The second kappa shape index (κ2) is 7.01. The number of aryl methyl sites for hydroxylation is 1. The Bertz CT molecular complexity index is 852. The van der Waals surface area contributed by atoms with E-state index in [1.165, 1.54) is 25.1 Å². The van der Waals surface area contributed by atoms with E-state index >= 15 is 0 Å². The van der Waals surface area contributed by atoms with E-state index in [0.717, 1.165) is 6.07 Å². The smallest absolute Gasteiger partial charge is 0.399 e. The van der Waals surface area contributed by atoms with E-state index in [9.17, 15) is 26.0 Å². The molecule has 136 valence electrons. The van der Waals surface area contributed by atoms with Crippen LogP contribution in [0, 0.1) is 12.7 Å². The van der Waals surface area contributed by atoms with Crippen LogP contribution in [0.1, 0.15) is 11.1 Å². The van der Waals surface area contributed by atoms with Crippen molar-refractivity contribution >= 4 is 15.7 Å². The quantitative estimate of drug-likeness (QED) is 0.642. The summed E-state index contributed by atoms with van der Waals surface area (Å²) in [5.41, 5.74) is 5.76. The van der Waals surface area contributed by atoms with E-state index in [2.05, 4.69) is 0 Å². The summed E-state index contributed by atoms with van der Waals surface area (Å²) in [5, 5.41) is 0. The average Bonchev–Trinajstić information content (AvgIpc) is 2.50. The highest BCUT2D eigenvalue weighted by molar-refractivity contribution is 7.89. The van der Waals surface area contributed by atoms with Gasteiger partial charge in [0.15, 0.2) is 0 Å². The minimum absolute atomic E-state index is 0.0517. The summed E-state index contributed by atoms with van der Waals surface area (Å²) in [4.78, 5) is -0.870. The van der Waals surface area contributed by atoms with Gasteiger partial charge in [-0.05, 0) is 30.2 Å². The van der Waals surface area contributed by atoms with Gasteiger partial charge in [0, 0.05) is 12.2 Å². The van der Waals surface area contributed by atoms with Gasteiger partial charge >= 0.3 is 6.18 Å². The molecule has 0 radical (unpaired) electrons. The van der Waals surface area contributed by atoms with Crippen molar-refractivity contribution in [3.05, 3.63) is 59.4 Å². The number of sulfonamides is 1. The molecule has 0 aliphatic heterocycles. The summed E-state index contributed by atoms with van der Waals surface area (Å²) in [6.45, 7) is -0.997. The maximum absolute atomic E-state index is 14.3.